The maximum absolute atomic E-state index is 16.5. The van der Waals surface area contributed by atoms with Gasteiger partial charge in [-0.05, 0) is 49.4 Å². The Kier molecular flexibility index (Phi) is 12.1. The van der Waals surface area contributed by atoms with E-state index >= 15 is 4.39 Å². The second-order valence-electron chi connectivity index (χ2n) is 13.4. The lowest BCUT2D eigenvalue weighted by Gasteiger charge is -2.32. The fraction of sp³-hybridized carbons (Fsp3) is 0.333. The molecular weight excluding hydrogens is 795 g/mol. The molecular formula is C39H36ClF5N6O5S. The van der Waals surface area contributed by atoms with Gasteiger partial charge in [-0.15, -0.1) is 11.3 Å². The van der Waals surface area contributed by atoms with Crippen molar-refractivity contribution in [3.05, 3.63) is 95.0 Å². The Bertz CT molecular complexity index is 2340. The van der Waals surface area contributed by atoms with Gasteiger partial charge in [0.15, 0.2) is 18.6 Å². The molecule has 4 aromatic heterocycles. The molecule has 6 aromatic rings. The van der Waals surface area contributed by atoms with Crippen LogP contribution in [-0.4, -0.2) is 94.5 Å². The van der Waals surface area contributed by atoms with Crippen LogP contribution in [0.3, 0.4) is 0 Å². The van der Waals surface area contributed by atoms with E-state index < -0.39 is 31.0 Å². The van der Waals surface area contributed by atoms with Crippen molar-refractivity contribution in [1.82, 2.24) is 29.5 Å². The molecule has 0 saturated carbocycles. The number of thiophene rings is 1. The average molecular weight is 831 g/mol. The number of piperazine rings is 1. The molecule has 18 heteroatoms. The Balaban J connectivity index is 1.19. The molecule has 1 aliphatic heterocycles. The molecule has 300 valence electrons. The number of alkyl halides is 4. The number of nitrogens with zero attached hydrogens (tertiary/aromatic N) is 6. The first-order valence-corrected chi connectivity index (χ1v) is 19.0. The number of hydrogen-bond donors (Lipinski definition) is 0. The minimum Gasteiger partial charge on any atom is -0.491 e. The predicted molar refractivity (Wildman–Crippen MR) is 203 cm³/mol. The molecule has 2 aromatic carbocycles. The van der Waals surface area contributed by atoms with Crippen molar-refractivity contribution in [2.75, 3.05) is 46.4 Å². The van der Waals surface area contributed by atoms with Crippen molar-refractivity contribution >= 4 is 39.4 Å². The Labute approximate surface area is 332 Å². The zero-order chi connectivity index (χ0) is 40.3. The fourth-order valence-electron chi connectivity index (χ4n) is 6.51. The van der Waals surface area contributed by atoms with Crippen molar-refractivity contribution in [1.29, 1.82) is 0 Å². The number of ether oxygens (including phenoxy) is 3. The summed E-state index contributed by atoms with van der Waals surface area (Å²) in [6, 6.07) is 12.6. The van der Waals surface area contributed by atoms with Crippen molar-refractivity contribution in [3.8, 4) is 39.1 Å². The first-order valence-electron chi connectivity index (χ1n) is 17.8. The van der Waals surface area contributed by atoms with Crippen LogP contribution in [0, 0.1) is 12.9 Å². The summed E-state index contributed by atoms with van der Waals surface area (Å²) in [6.07, 6.45) is -5.75. The summed E-state index contributed by atoms with van der Waals surface area (Å²) >= 11 is 8.07. The summed E-state index contributed by atoms with van der Waals surface area (Å²) in [4.78, 5) is 26.7. The zero-order valence-corrected chi connectivity index (χ0v) is 32.2. The van der Waals surface area contributed by atoms with Crippen molar-refractivity contribution < 1.29 is 45.4 Å². The summed E-state index contributed by atoms with van der Waals surface area (Å²) in [6.45, 7) is 5.08. The van der Waals surface area contributed by atoms with Gasteiger partial charge in [-0.1, -0.05) is 35.9 Å². The quantitative estimate of drug-likeness (QED) is 0.0741. The topological polar surface area (TPSA) is 108 Å². The second-order valence-corrected chi connectivity index (χ2v) is 14.7. The summed E-state index contributed by atoms with van der Waals surface area (Å²) in [7, 11) is 2.09. The normalized spacial score (nSPS) is 15.2. The van der Waals surface area contributed by atoms with E-state index in [4.69, 9.17) is 30.2 Å². The molecule has 7 rings (SSSR count). The molecule has 0 spiro atoms. The van der Waals surface area contributed by atoms with Crippen LogP contribution in [0.5, 0.6) is 17.4 Å². The van der Waals surface area contributed by atoms with Gasteiger partial charge in [0.1, 0.15) is 48.2 Å². The minimum absolute atomic E-state index is 0.0255. The van der Waals surface area contributed by atoms with Crippen LogP contribution in [0.1, 0.15) is 23.0 Å². The highest BCUT2D eigenvalue weighted by atomic mass is 35.5. The van der Waals surface area contributed by atoms with Crippen LogP contribution in [-0.2, 0) is 17.9 Å². The third kappa shape index (κ3) is 9.06. The number of likely N-dealkylation sites (N-methyl/N-ethyl adjacent to an activating group) is 1. The number of para-hydroxylation sites is 1. The Hall–Kier alpha value is -5.10. The van der Waals surface area contributed by atoms with Gasteiger partial charge in [-0.3, -0.25) is 14.4 Å². The van der Waals surface area contributed by atoms with E-state index in [1.165, 1.54) is 48.9 Å². The standard InChI is InChI=1S/C39H36ClF5N6O5S/c1-23-25(7-8-28(34(23)40)53-18-17-50-15-13-49(2)14-16-50)32-33-37(46-22-47-38(33)57-36(32)29-9-10-31(41)55-29)56-30(19-52)35(42)26-5-3-4-6-27(26)54-20-24-11-12-48-51(24)21-39(43,44)45/h3-12,19,22,30,35H,13-18,20-21H2,1-2H3. The van der Waals surface area contributed by atoms with E-state index in [9.17, 15) is 22.4 Å². The lowest BCUT2D eigenvalue weighted by Crippen LogP contribution is -2.45. The first-order chi connectivity index (χ1) is 27.4. The van der Waals surface area contributed by atoms with E-state index in [-0.39, 0.29) is 41.5 Å². The zero-order valence-electron chi connectivity index (χ0n) is 30.6. The van der Waals surface area contributed by atoms with Crippen LogP contribution in [0.4, 0.5) is 22.0 Å². The summed E-state index contributed by atoms with van der Waals surface area (Å²) < 4.78 is 94.0. The van der Waals surface area contributed by atoms with Crippen LogP contribution >= 0.6 is 22.9 Å². The van der Waals surface area contributed by atoms with E-state index in [0.29, 0.717) is 49.2 Å². The number of halogens is 6. The molecule has 2 unspecified atom stereocenters. The third-order valence-electron chi connectivity index (χ3n) is 9.53. The number of carbonyl (C=O) groups excluding carboxylic acids is 1. The van der Waals surface area contributed by atoms with Crippen molar-refractivity contribution in [2.45, 2.75) is 38.5 Å². The number of rotatable bonds is 15. The van der Waals surface area contributed by atoms with Gasteiger partial charge in [0.2, 0.25) is 5.88 Å². The SMILES string of the molecule is Cc1c(-c2c(-c3ccc(F)o3)sc3ncnc(OC(C=O)C(F)c4ccccc4OCc4ccnn4CC(F)(F)F)c23)ccc(OCCN2CCN(C)CC2)c1Cl. The number of aldehydes is 1. The van der Waals surface area contributed by atoms with E-state index in [2.05, 4.69) is 31.9 Å². The molecule has 1 saturated heterocycles. The molecule has 2 atom stereocenters. The monoisotopic (exact) mass is 830 g/mol. The van der Waals surface area contributed by atoms with Gasteiger partial charge >= 0.3 is 6.18 Å². The van der Waals surface area contributed by atoms with Crippen molar-refractivity contribution in [2.24, 2.45) is 0 Å². The molecule has 0 amide bonds. The fourth-order valence-corrected chi connectivity index (χ4v) is 7.84. The van der Waals surface area contributed by atoms with Crippen molar-refractivity contribution in [3.63, 3.8) is 0 Å². The number of benzene rings is 2. The predicted octanol–water partition coefficient (Wildman–Crippen LogP) is 8.34. The van der Waals surface area contributed by atoms with E-state index in [1.807, 2.05) is 0 Å². The highest BCUT2D eigenvalue weighted by Gasteiger charge is 2.32. The van der Waals surface area contributed by atoms with Gasteiger partial charge in [-0.25, -0.2) is 14.4 Å². The molecule has 0 bridgehead atoms. The molecule has 11 nitrogen and oxygen atoms in total. The molecule has 5 heterocycles. The lowest BCUT2D eigenvalue weighted by atomic mass is 9.97. The van der Waals surface area contributed by atoms with E-state index in [0.717, 1.165) is 48.7 Å². The highest BCUT2D eigenvalue weighted by Crippen LogP contribution is 2.50. The summed E-state index contributed by atoms with van der Waals surface area (Å²) in [5.74, 6) is 0.471. The second kappa shape index (κ2) is 17.2. The van der Waals surface area contributed by atoms with Gasteiger partial charge in [0.25, 0.3) is 6.01 Å². The Morgan fingerprint density at radius 3 is 2.54 bits per heavy atom. The first kappa shape index (κ1) is 40.1. The molecule has 1 aliphatic rings. The van der Waals surface area contributed by atoms with Crippen LogP contribution in [0.15, 0.2) is 71.5 Å². The van der Waals surface area contributed by atoms with Gasteiger partial charge < -0.3 is 23.5 Å². The lowest BCUT2D eigenvalue weighted by molar-refractivity contribution is -0.143. The third-order valence-corrected chi connectivity index (χ3v) is 11.1. The number of aromatic nitrogens is 4. The summed E-state index contributed by atoms with van der Waals surface area (Å²) in [5, 5.41) is 4.34. The molecule has 0 N–H and O–H groups in total. The van der Waals surface area contributed by atoms with E-state index in [1.54, 1.807) is 25.1 Å². The maximum Gasteiger partial charge on any atom is 0.408 e. The molecule has 1 fully saturated rings. The van der Waals surface area contributed by atoms with Gasteiger partial charge in [0, 0.05) is 56.1 Å². The minimum atomic E-state index is -4.52. The Morgan fingerprint density at radius 2 is 1.81 bits per heavy atom. The molecule has 0 aliphatic carbocycles. The average Bonchev–Trinajstić information content (AvgIpc) is 3.93. The Morgan fingerprint density at radius 1 is 1.02 bits per heavy atom. The number of hydrogen-bond acceptors (Lipinski definition) is 11. The number of carbonyl (C=O) groups is 1. The van der Waals surface area contributed by atoms with Crippen LogP contribution in [0.2, 0.25) is 5.02 Å². The molecule has 0 radical (unpaired) electrons. The van der Waals surface area contributed by atoms with Crippen LogP contribution in [0.25, 0.3) is 32.0 Å². The molecule has 57 heavy (non-hydrogen) atoms. The number of fused-ring (bicyclic) bond motifs is 1. The number of furan rings is 1. The largest absolute Gasteiger partial charge is 0.491 e. The smallest absolute Gasteiger partial charge is 0.408 e. The highest BCUT2D eigenvalue weighted by molar-refractivity contribution is 7.22. The summed E-state index contributed by atoms with van der Waals surface area (Å²) in [5.41, 5.74) is 1.64. The van der Waals surface area contributed by atoms with Gasteiger partial charge in [-0.2, -0.15) is 22.7 Å². The van der Waals surface area contributed by atoms with Crippen LogP contribution < -0.4 is 14.2 Å². The maximum atomic E-state index is 16.5. The van der Waals surface area contributed by atoms with Gasteiger partial charge in [0.05, 0.1) is 21.0 Å².